The van der Waals surface area contributed by atoms with Gasteiger partial charge in [-0.15, -0.1) is 0 Å². The van der Waals surface area contributed by atoms with E-state index in [0.717, 1.165) is 6.42 Å². The van der Waals surface area contributed by atoms with E-state index in [1.165, 1.54) is 23.1 Å². The van der Waals surface area contributed by atoms with E-state index >= 15 is 0 Å². The largest absolute Gasteiger partial charge is 0.326 e. The number of anilines is 1. The number of rotatable bonds is 5. The van der Waals surface area contributed by atoms with Crippen LogP contribution in [0.5, 0.6) is 0 Å². The lowest BCUT2D eigenvalue weighted by Crippen LogP contribution is -2.35. The second-order valence-corrected chi connectivity index (χ2v) is 6.93. The number of imide groups is 1. The minimum atomic E-state index is -0.543. The standard InChI is InChI=1S/C18H17N3O5/c22-14(19-12-2-1-3-13(9-12)21(25)26)6-7-20-17(23)15-10-4-5-11(8-10)16(15)18(20)24/h1-5,9-11,15-16H,6-8H2,(H,19,22). The normalized spacial score (nSPS) is 28.5. The van der Waals surface area contributed by atoms with Crippen LogP contribution in [0.2, 0.25) is 0 Å². The molecule has 1 saturated heterocycles. The first kappa shape index (κ1) is 16.4. The summed E-state index contributed by atoms with van der Waals surface area (Å²) in [6.07, 6.45) is 4.88. The topological polar surface area (TPSA) is 110 Å². The van der Waals surface area contributed by atoms with E-state index in [2.05, 4.69) is 5.32 Å². The van der Waals surface area contributed by atoms with E-state index in [4.69, 9.17) is 0 Å². The Labute approximate surface area is 149 Å². The summed E-state index contributed by atoms with van der Waals surface area (Å²) in [5, 5.41) is 13.3. The molecule has 1 aromatic rings. The Balaban J connectivity index is 1.37. The molecule has 0 radical (unpaired) electrons. The fraction of sp³-hybridized carbons (Fsp3) is 0.389. The minimum Gasteiger partial charge on any atom is -0.326 e. The van der Waals surface area contributed by atoms with Crippen molar-refractivity contribution in [2.24, 2.45) is 23.7 Å². The van der Waals surface area contributed by atoms with E-state index in [-0.39, 0.29) is 54.1 Å². The van der Waals surface area contributed by atoms with Crippen LogP contribution >= 0.6 is 0 Å². The molecule has 2 fully saturated rings. The van der Waals surface area contributed by atoms with Crippen molar-refractivity contribution in [1.29, 1.82) is 0 Å². The number of nitro benzene ring substituents is 1. The fourth-order valence-corrected chi connectivity index (χ4v) is 4.32. The first-order valence-electron chi connectivity index (χ1n) is 8.53. The second-order valence-electron chi connectivity index (χ2n) is 6.93. The molecule has 1 N–H and O–H groups in total. The number of nitro groups is 1. The molecule has 1 aliphatic heterocycles. The van der Waals surface area contributed by atoms with Gasteiger partial charge in [-0.3, -0.25) is 29.4 Å². The lowest BCUT2D eigenvalue weighted by Gasteiger charge is -2.16. The molecule has 8 nitrogen and oxygen atoms in total. The van der Waals surface area contributed by atoms with E-state index in [0.29, 0.717) is 5.69 Å². The molecule has 0 spiro atoms. The van der Waals surface area contributed by atoms with Crippen molar-refractivity contribution >= 4 is 29.1 Å². The molecular weight excluding hydrogens is 338 g/mol. The number of amides is 3. The molecule has 3 amide bonds. The summed E-state index contributed by atoms with van der Waals surface area (Å²) in [5.74, 6) is -1.01. The van der Waals surface area contributed by atoms with Crippen LogP contribution in [-0.2, 0) is 14.4 Å². The fourth-order valence-electron chi connectivity index (χ4n) is 4.32. The number of fused-ring (bicyclic) bond motifs is 5. The van der Waals surface area contributed by atoms with Crippen LogP contribution < -0.4 is 5.32 Å². The van der Waals surface area contributed by atoms with Crippen molar-refractivity contribution in [2.75, 3.05) is 11.9 Å². The summed E-state index contributed by atoms with van der Waals surface area (Å²) >= 11 is 0. The quantitative estimate of drug-likeness (QED) is 0.374. The van der Waals surface area contributed by atoms with Gasteiger partial charge >= 0.3 is 0 Å². The minimum absolute atomic E-state index is 0.0326. The van der Waals surface area contributed by atoms with E-state index < -0.39 is 10.8 Å². The Morgan fingerprint density at radius 3 is 2.46 bits per heavy atom. The third-order valence-corrected chi connectivity index (χ3v) is 5.46. The van der Waals surface area contributed by atoms with Crippen LogP contribution in [0.25, 0.3) is 0 Å². The highest BCUT2D eigenvalue weighted by atomic mass is 16.6. The van der Waals surface area contributed by atoms with Crippen LogP contribution in [0.15, 0.2) is 36.4 Å². The summed E-state index contributed by atoms with van der Waals surface area (Å²) < 4.78 is 0. The van der Waals surface area contributed by atoms with Gasteiger partial charge in [0.2, 0.25) is 17.7 Å². The maximum atomic E-state index is 12.5. The van der Waals surface area contributed by atoms with E-state index in [1.807, 2.05) is 12.2 Å². The smallest absolute Gasteiger partial charge is 0.271 e. The molecule has 0 aromatic heterocycles. The van der Waals surface area contributed by atoms with E-state index in [1.54, 1.807) is 6.07 Å². The van der Waals surface area contributed by atoms with Gasteiger partial charge in [0.05, 0.1) is 16.8 Å². The average Bonchev–Trinajstić information content (AvgIpc) is 3.28. The molecule has 8 heteroatoms. The average molecular weight is 355 g/mol. The molecule has 2 bridgehead atoms. The molecule has 1 aromatic carbocycles. The zero-order valence-electron chi connectivity index (χ0n) is 13.8. The number of hydrogen-bond acceptors (Lipinski definition) is 5. The lowest BCUT2D eigenvalue weighted by molar-refractivity contribution is -0.384. The number of carbonyl (C=O) groups excluding carboxylic acids is 3. The number of non-ortho nitro benzene ring substituents is 1. The van der Waals surface area contributed by atoms with Gasteiger partial charge in [-0.1, -0.05) is 18.2 Å². The number of nitrogens with zero attached hydrogens (tertiary/aromatic N) is 2. The molecule has 2 aliphatic carbocycles. The summed E-state index contributed by atoms with van der Waals surface area (Å²) in [5.41, 5.74) is 0.186. The van der Waals surface area contributed by atoms with Crippen molar-refractivity contribution < 1.29 is 19.3 Å². The summed E-state index contributed by atoms with van der Waals surface area (Å²) in [6.45, 7) is 0.0326. The summed E-state index contributed by atoms with van der Waals surface area (Å²) in [4.78, 5) is 48.6. The zero-order valence-corrected chi connectivity index (χ0v) is 13.8. The highest BCUT2D eigenvalue weighted by Crippen LogP contribution is 2.52. The summed E-state index contributed by atoms with van der Waals surface area (Å²) in [7, 11) is 0. The van der Waals surface area contributed by atoms with Gasteiger partial charge in [0.25, 0.3) is 5.69 Å². The molecule has 3 aliphatic rings. The SMILES string of the molecule is O=C(CCN1C(=O)C2C3C=CC(C3)C2C1=O)Nc1cccc([N+](=O)[O-])c1. The van der Waals surface area contributed by atoms with Crippen LogP contribution in [0, 0.1) is 33.8 Å². The first-order chi connectivity index (χ1) is 12.5. The lowest BCUT2D eigenvalue weighted by atomic mass is 9.85. The summed E-state index contributed by atoms with van der Waals surface area (Å²) in [6, 6.07) is 5.62. The number of carbonyl (C=O) groups is 3. The van der Waals surface area contributed by atoms with Crippen molar-refractivity contribution in [3.63, 3.8) is 0 Å². The Bertz CT molecular complexity index is 819. The number of allylic oxidation sites excluding steroid dienone is 2. The van der Waals surface area contributed by atoms with Gasteiger partial charge in [0, 0.05) is 30.8 Å². The molecule has 1 heterocycles. The third-order valence-electron chi connectivity index (χ3n) is 5.46. The highest BCUT2D eigenvalue weighted by molar-refractivity contribution is 6.06. The van der Waals surface area contributed by atoms with Crippen molar-refractivity contribution in [2.45, 2.75) is 12.8 Å². The number of hydrogen-bond donors (Lipinski definition) is 1. The van der Waals surface area contributed by atoms with Crippen LogP contribution in [-0.4, -0.2) is 34.1 Å². The second kappa shape index (κ2) is 6.05. The monoisotopic (exact) mass is 355 g/mol. The molecule has 4 rings (SSSR count). The molecular formula is C18H17N3O5. The first-order valence-corrected chi connectivity index (χ1v) is 8.53. The van der Waals surface area contributed by atoms with E-state index in [9.17, 15) is 24.5 Å². The van der Waals surface area contributed by atoms with Gasteiger partial charge < -0.3 is 5.32 Å². The van der Waals surface area contributed by atoms with Gasteiger partial charge in [-0.2, -0.15) is 0 Å². The van der Waals surface area contributed by atoms with Gasteiger partial charge in [0.1, 0.15) is 0 Å². The zero-order chi connectivity index (χ0) is 18.4. The molecule has 4 atom stereocenters. The van der Waals surface area contributed by atoms with Crippen LogP contribution in [0.3, 0.4) is 0 Å². The van der Waals surface area contributed by atoms with Crippen molar-refractivity contribution in [1.82, 2.24) is 4.90 Å². The molecule has 4 unspecified atom stereocenters. The Hall–Kier alpha value is -3.03. The predicted octanol–water partition coefficient (Wildman–Crippen LogP) is 1.73. The van der Waals surface area contributed by atoms with Crippen LogP contribution in [0.1, 0.15) is 12.8 Å². The maximum absolute atomic E-state index is 12.5. The predicted molar refractivity (Wildman–Crippen MR) is 90.8 cm³/mol. The molecule has 26 heavy (non-hydrogen) atoms. The number of likely N-dealkylation sites (tertiary alicyclic amines) is 1. The number of nitrogens with one attached hydrogen (secondary N) is 1. The Morgan fingerprint density at radius 1 is 1.19 bits per heavy atom. The Kier molecular flexibility index (Phi) is 3.82. The Morgan fingerprint density at radius 2 is 1.85 bits per heavy atom. The van der Waals surface area contributed by atoms with Crippen molar-refractivity contribution in [3.05, 3.63) is 46.5 Å². The van der Waals surface area contributed by atoms with Crippen molar-refractivity contribution in [3.8, 4) is 0 Å². The number of benzene rings is 1. The van der Waals surface area contributed by atoms with Gasteiger partial charge in [-0.25, -0.2) is 0 Å². The van der Waals surface area contributed by atoms with Gasteiger partial charge in [0.15, 0.2) is 0 Å². The third kappa shape index (κ3) is 2.58. The maximum Gasteiger partial charge on any atom is 0.271 e. The highest BCUT2D eigenvalue weighted by Gasteiger charge is 2.58. The molecule has 1 saturated carbocycles. The molecule has 134 valence electrons. The van der Waals surface area contributed by atoms with Crippen LogP contribution in [0.4, 0.5) is 11.4 Å². The van der Waals surface area contributed by atoms with Gasteiger partial charge in [-0.05, 0) is 24.3 Å².